The van der Waals surface area contributed by atoms with Crippen molar-refractivity contribution in [2.45, 2.75) is 26.2 Å². The van der Waals surface area contributed by atoms with Crippen LogP contribution in [0.4, 0.5) is 10.5 Å². The maximum Gasteiger partial charge on any atom is 0.321 e. The number of para-hydroxylation sites is 1. The molecule has 0 bridgehead atoms. The average molecular weight is 301 g/mol. The summed E-state index contributed by atoms with van der Waals surface area (Å²) < 4.78 is 0. The monoisotopic (exact) mass is 301 g/mol. The van der Waals surface area contributed by atoms with Crippen molar-refractivity contribution in [3.8, 4) is 0 Å². The fourth-order valence-corrected chi connectivity index (χ4v) is 2.39. The summed E-state index contributed by atoms with van der Waals surface area (Å²) in [4.78, 5) is 18.4. The van der Waals surface area contributed by atoms with Gasteiger partial charge in [0.25, 0.3) is 0 Å². The summed E-state index contributed by atoms with van der Waals surface area (Å²) in [7, 11) is 0. The number of nitrogens with one attached hydrogen (secondary N) is 1. The number of pyridine rings is 1. The summed E-state index contributed by atoms with van der Waals surface area (Å²) in [5.74, 6) is 0. The number of fused-ring (bicyclic) bond motifs is 1. The molecule has 1 aromatic heterocycles. The zero-order chi connectivity index (χ0) is 15.8. The highest BCUT2D eigenvalue weighted by Crippen LogP contribution is 2.21. The highest BCUT2D eigenvalue weighted by molar-refractivity contribution is 5.99. The molecule has 2 rings (SSSR count). The molecule has 118 valence electrons. The maximum absolute atomic E-state index is 12.4. The quantitative estimate of drug-likeness (QED) is 0.772. The lowest BCUT2D eigenvalue weighted by atomic mass is 10.2. The first-order chi connectivity index (χ1) is 10.8. The predicted octanol–water partition coefficient (Wildman–Crippen LogP) is 3.25. The smallest absolute Gasteiger partial charge is 0.321 e. The minimum absolute atomic E-state index is 0.0344. The van der Waals surface area contributed by atoms with Gasteiger partial charge in [-0.25, -0.2) is 4.79 Å². The number of anilines is 1. The van der Waals surface area contributed by atoms with Gasteiger partial charge in [-0.1, -0.05) is 38.0 Å². The molecule has 2 N–H and O–H groups in total. The van der Waals surface area contributed by atoms with E-state index in [4.69, 9.17) is 5.11 Å². The van der Waals surface area contributed by atoms with Crippen molar-refractivity contribution < 1.29 is 9.90 Å². The molecule has 0 aliphatic rings. The van der Waals surface area contributed by atoms with Crippen LogP contribution < -0.4 is 5.32 Å². The number of rotatable bonds is 7. The molecule has 22 heavy (non-hydrogen) atoms. The molecule has 0 atom stereocenters. The van der Waals surface area contributed by atoms with E-state index in [1.54, 1.807) is 11.1 Å². The van der Waals surface area contributed by atoms with E-state index < -0.39 is 0 Å². The standard InChI is InChI=1S/C17H23N3O2/c1-2-3-4-11-20(12-13-21)17(22)19-15-9-5-7-14-8-6-10-18-16(14)15/h5-10,21H,2-4,11-13H2,1H3,(H,19,22). The Kier molecular flexibility index (Phi) is 6.15. The molecule has 0 saturated heterocycles. The van der Waals surface area contributed by atoms with Gasteiger partial charge in [0.2, 0.25) is 0 Å². The molecule has 0 radical (unpaired) electrons. The minimum Gasteiger partial charge on any atom is -0.395 e. The number of unbranched alkanes of at least 4 members (excludes halogenated alkanes) is 2. The first kappa shape index (κ1) is 16.2. The van der Waals surface area contributed by atoms with Crippen LogP contribution in [0, 0.1) is 0 Å². The lowest BCUT2D eigenvalue weighted by Gasteiger charge is -2.22. The van der Waals surface area contributed by atoms with E-state index in [9.17, 15) is 4.79 Å². The number of carbonyl (C=O) groups excluding carboxylic acids is 1. The lowest BCUT2D eigenvalue weighted by molar-refractivity contribution is 0.187. The van der Waals surface area contributed by atoms with Crippen LogP contribution in [0.15, 0.2) is 36.5 Å². The molecule has 2 aromatic rings. The number of aromatic nitrogens is 1. The Balaban J connectivity index is 2.10. The summed E-state index contributed by atoms with van der Waals surface area (Å²) >= 11 is 0. The predicted molar refractivity (Wildman–Crippen MR) is 88.9 cm³/mol. The Morgan fingerprint density at radius 1 is 1.23 bits per heavy atom. The Bertz CT molecular complexity index is 610. The van der Waals surface area contributed by atoms with Gasteiger partial charge in [-0.3, -0.25) is 4.98 Å². The third-order valence-corrected chi connectivity index (χ3v) is 3.56. The van der Waals surface area contributed by atoms with E-state index in [2.05, 4.69) is 17.2 Å². The van der Waals surface area contributed by atoms with Crippen molar-refractivity contribution >= 4 is 22.6 Å². The molecule has 0 spiro atoms. The molecule has 0 saturated carbocycles. The molecular weight excluding hydrogens is 278 g/mol. The van der Waals surface area contributed by atoms with Gasteiger partial charge < -0.3 is 15.3 Å². The van der Waals surface area contributed by atoms with E-state index in [-0.39, 0.29) is 12.6 Å². The third-order valence-electron chi connectivity index (χ3n) is 3.56. The van der Waals surface area contributed by atoms with Crippen molar-refractivity contribution in [3.63, 3.8) is 0 Å². The Labute approximate surface area is 131 Å². The molecule has 5 heteroatoms. The van der Waals surface area contributed by atoms with Crippen molar-refractivity contribution in [1.82, 2.24) is 9.88 Å². The van der Waals surface area contributed by atoms with E-state index in [1.807, 2.05) is 30.3 Å². The van der Waals surface area contributed by atoms with Crippen LogP contribution in [0.1, 0.15) is 26.2 Å². The van der Waals surface area contributed by atoms with Crippen LogP contribution in [0.5, 0.6) is 0 Å². The van der Waals surface area contributed by atoms with Crippen molar-refractivity contribution in [2.24, 2.45) is 0 Å². The largest absolute Gasteiger partial charge is 0.395 e. The fourth-order valence-electron chi connectivity index (χ4n) is 2.39. The second-order valence-electron chi connectivity index (χ2n) is 5.23. The average Bonchev–Trinajstić information content (AvgIpc) is 2.54. The van der Waals surface area contributed by atoms with Gasteiger partial charge in [0, 0.05) is 24.7 Å². The molecule has 1 heterocycles. The summed E-state index contributed by atoms with van der Waals surface area (Å²) in [6.45, 7) is 3.08. The maximum atomic E-state index is 12.4. The highest BCUT2D eigenvalue weighted by atomic mass is 16.3. The summed E-state index contributed by atoms with van der Waals surface area (Å²) in [5, 5.41) is 13.0. The molecular formula is C17H23N3O2. The second kappa shape index (κ2) is 8.34. The summed E-state index contributed by atoms with van der Waals surface area (Å²) in [6.07, 6.45) is 4.83. The van der Waals surface area contributed by atoms with Crippen LogP contribution in [-0.2, 0) is 0 Å². The Hall–Kier alpha value is -2.14. The van der Waals surface area contributed by atoms with Gasteiger partial charge >= 0.3 is 6.03 Å². The van der Waals surface area contributed by atoms with Gasteiger partial charge in [-0.15, -0.1) is 0 Å². The minimum atomic E-state index is -0.191. The van der Waals surface area contributed by atoms with Crippen molar-refractivity contribution in [1.29, 1.82) is 0 Å². The Morgan fingerprint density at radius 2 is 2.05 bits per heavy atom. The molecule has 5 nitrogen and oxygen atoms in total. The number of amides is 2. The number of aliphatic hydroxyl groups is 1. The second-order valence-corrected chi connectivity index (χ2v) is 5.23. The van der Waals surface area contributed by atoms with E-state index >= 15 is 0 Å². The van der Waals surface area contributed by atoms with Crippen LogP contribution in [-0.4, -0.2) is 40.7 Å². The third kappa shape index (κ3) is 4.18. The van der Waals surface area contributed by atoms with Gasteiger partial charge in [0.15, 0.2) is 0 Å². The van der Waals surface area contributed by atoms with Crippen molar-refractivity contribution in [3.05, 3.63) is 36.5 Å². The Morgan fingerprint density at radius 3 is 2.82 bits per heavy atom. The van der Waals surface area contributed by atoms with Gasteiger partial charge in [-0.05, 0) is 18.6 Å². The van der Waals surface area contributed by atoms with Crippen LogP contribution in [0.25, 0.3) is 10.9 Å². The molecule has 0 fully saturated rings. The number of nitrogens with zero attached hydrogens (tertiary/aromatic N) is 2. The molecule has 1 aromatic carbocycles. The molecule has 0 unspecified atom stereocenters. The normalized spacial score (nSPS) is 10.6. The zero-order valence-electron chi connectivity index (χ0n) is 13.0. The van der Waals surface area contributed by atoms with Crippen LogP contribution >= 0.6 is 0 Å². The van der Waals surface area contributed by atoms with E-state index in [1.165, 1.54) is 0 Å². The van der Waals surface area contributed by atoms with Gasteiger partial charge in [0.1, 0.15) is 0 Å². The number of aliphatic hydroxyl groups excluding tert-OH is 1. The van der Waals surface area contributed by atoms with Crippen molar-refractivity contribution in [2.75, 3.05) is 25.0 Å². The molecule has 2 amide bonds. The number of carbonyl (C=O) groups is 1. The van der Waals surface area contributed by atoms with Gasteiger partial charge in [-0.2, -0.15) is 0 Å². The van der Waals surface area contributed by atoms with Crippen LogP contribution in [0.3, 0.4) is 0 Å². The number of hydrogen-bond acceptors (Lipinski definition) is 3. The fraction of sp³-hybridized carbons (Fsp3) is 0.412. The summed E-state index contributed by atoms with van der Waals surface area (Å²) in [6, 6.07) is 9.35. The molecule has 0 aliphatic carbocycles. The topological polar surface area (TPSA) is 65.5 Å². The number of urea groups is 1. The lowest BCUT2D eigenvalue weighted by Crippen LogP contribution is -2.37. The molecule has 0 aliphatic heterocycles. The van der Waals surface area contributed by atoms with Crippen LogP contribution in [0.2, 0.25) is 0 Å². The zero-order valence-corrected chi connectivity index (χ0v) is 13.0. The number of hydrogen-bond donors (Lipinski definition) is 2. The first-order valence-corrected chi connectivity index (χ1v) is 7.76. The first-order valence-electron chi connectivity index (χ1n) is 7.76. The number of benzene rings is 1. The summed E-state index contributed by atoms with van der Waals surface area (Å²) in [5.41, 5.74) is 1.47. The van der Waals surface area contributed by atoms with E-state index in [0.717, 1.165) is 30.2 Å². The van der Waals surface area contributed by atoms with E-state index in [0.29, 0.717) is 18.8 Å². The highest BCUT2D eigenvalue weighted by Gasteiger charge is 2.14. The SMILES string of the molecule is CCCCCN(CCO)C(=O)Nc1cccc2cccnc12. The van der Waals surface area contributed by atoms with Gasteiger partial charge in [0.05, 0.1) is 17.8 Å².